The molecule has 1 atom stereocenters. The molecule has 1 aromatic carbocycles. The highest BCUT2D eigenvalue weighted by atomic mass is 16.5. The topological polar surface area (TPSA) is 21.3 Å². The monoisotopic (exact) mass is 205 g/mol. The van der Waals surface area contributed by atoms with Gasteiger partial charge < -0.3 is 10.1 Å². The Bertz CT molecular complexity index is 303. The summed E-state index contributed by atoms with van der Waals surface area (Å²) in [5, 5.41) is 3.56. The lowest BCUT2D eigenvalue weighted by Crippen LogP contribution is -2.22. The maximum Gasteiger partial charge on any atom is 0.118 e. The number of hydrogen-bond acceptors (Lipinski definition) is 2. The Morgan fingerprint density at radius 3 is 2.47 bits per heavy atom. The largest absolute Gasteiger partial charge is 0.497 e. The Kier molecular flexibility index (Phi) is 3.27. The van der Waals surface area contributed by atoms with Crippen LogP contribution < -0.4 is 10.1 Å². The Balaban J connectivity index is 2.10. The molecule has 82 valence electrons. The van der Waals surface area contributed by atoms with Crippen molar-refractivity contribution in [1.29, 1.82) is 0 Å². The molecule has 0 spiro atoms. The van der Waals surface area contributed by atoms with E-state index in [4.69, 9.17) is 4.74 Å². The SMILES string of the molecule is CCN[C@@H](c1ccc(OC)cc1)C1CC1. The molecular weight excluding hydrogens is 186 g/mol. The highest BCUT2D eigenvalue weighted by molar-refractivity contribution is 5.30. The number of nitrogens with one attached hydrogen (secondary N) is 1. The lowest BCUT2D eigenvalue weighted by atomic mass is 10.0. The van der Waals surface area contributed by atoms with E-state index in [9.17, 15) is 0 Å². The molecular formula is C13H19NO. The van der Waals surface area contributed by atoms with E-state index in [0.29, 0.717) is 6.04 Å². The van der Waals surface area contributed by atoms with Crippen LogP contribution in [-0.4, -0.2) is 13.7 Å². The fourth-order valence-corrected chi connectivity index (χ4v) is 2.02. The Labute approximate surface area is 91.6 Å². The van der Waals surface area contributed by atoms with Crippen LogP contribution in [0.3, 0.4) is 0 Å². The third-order valence-corrected chi connectivity index (χ3v) is 2.99. The van der Waals surface area contributed by atoms with Gasteiger partial charge in [0, 0.05) is 6.04 Å². The van der Waals surface area contributed by atoms with E-state index in [1.54, 1.807) is 7.11 Å². The van der Waals surface area contributed by atoms with Crippen molar-refractivity contribution in [2.45, 2.75) is 25.8 Å². The predicted octanol–water partition coefficient (Wildman–Crippen LogP) is 2.76. The van der Waals surface area contributed by atoms with Crippen LogP contribution in [0.1, 0.15) is 31.4 Å². The first-order valence-electron chi connectivity index (χ1n) is 5.72. The van der Waals surface area contributed by atoms with Crippen LogP contribution in [-0.2, 0) is 0 Å². The van der Waals surface area contributed by atoms with E-state index >= 15 is 0 Å². The molecule has 0 aromatic heterocycles. The van der Waals surface area contributed by atoms with E-state index in [0.717, 1.165) is 18.2 Å². The Morgan fingerprint density at radius 2 is 2.00 bits per heavy atom. The third kappa shape index (κ3) is 2.51. The second kappa shape index (κ2) is 4.67. The molecule has 0 bridgehead atoms. The average molecular weight is 205 g/mol. The highest BCUT2D eigenvalue weighted by Gasteiger charge is 2.31. The zero-order chi connectivity index (χ0) is 10.7. The second-order valence-corrected chi connectivity index (χ2v) is 4.15. The van der Waals surface area contributed by atoms with E-state index < -0.39 is 0 Å². The van der Waals surface area contributed by atoms with E-state index in [1.165, 1.54) is 18.4 Å². The van der Waals surface area contributed by atoms with Crippen LogP contribution in [0.2, 0.25) is 0 Å². The summed E-state index contributed by atoms with van der Waals surface area (Å²) in [5.74, 6) is 1.78. The summed E-state index contributed by atoms with van der Waals surface area (Å²) in [7, 11) is 1.71. The number of ether oxygens (including phenoxy) is 1. The first-order chi connectivity index (χ1) is 7.35. The van der Waals surface area contributed by atoms with Crippen LogP contribution in [0.15, 0.2) is 24.3 Å². The summed E-state index contributed by atoms with van der Waals surface area (Å²) in [6.45, 7) is 3.20. The van der Waals surface area contributed by atoms with Gasteiger partial charge in [-0.25, -0.2) is 0 Å². The maximum absolute atomic E-state index is 5.16. The van der Waals surface area contributed by atoms with Crippen LogP contribution >= 0.6 is 0 Å². The lowest BCUT2D eigenvalue weighted by molar-refractivity contribution is 0.414. The highest BCUT2D eigenvalue weighted by Crippen LogP contribution is 2.41. The fraction of sp³-hybridized carbons (Fsp3) is 0.538. The van der Waals surface area contributed by atoms with Gasteiger partial charge in [0.15, 0.2) is 0 Å². The van der Waals surface area contributed by atoms with Crippen molar-refractivity contribution in [2.75, 3.05) is 13.7 Å². The molecule has 2 heteroatoms. The standard InChI is InChI=1S/C13H19NO/c1-3-14-13(10-4-5-10)11-6-8-12(15-2)9-7-11/h6-10,13-14H,3-5H2,1-2H3/t13-/m1/s1. The van der Waals surface area contributed by atoms with Crippen molar-refractivity contribution in [3.8, 4) is 5.75 Å². The minimum Gasteiger partial charge on any atom is -0.497 e. The number of hydrogen-bond donors (Lipinski definition) is 1. The van der Waals surface area contributed by atoms with Gasteiger partial charge in [0.2, 0.25) is 0 Å². The lowest BCUT2D eigenvalue weighted by Gasteiger charge is -2.17. The minimum absolute atomic E-state index is 0.543. The number of methoxy groups -OCH3 is 1. The summed E-state index contributed by atoms with van der Waals surface area (Å²) in [6, 6.07) is 8.97. The molecule has 0 amide bonds. The minimum atomic E-state index is 0.543. The van der Waals surface area contributed by atoms with Crippen molar-refractivity contribution in [3.63, 3.8) is 0 Å². The van der Waals surface area contributed by atoms with Gasteiger partial charge in [0.05, 0.1) is 7.11 Å². The summed E-state index contributed by atoms with van der Waals surface area (Å²) < 4.78 is 5.16. The summed E-state index contributed by atoms with van der Waals surface area (Å²) >= 11 is 0. The van der Waals surface area contributed by atoms with Gasteiger partial charge in [0.1, 0.15) is 5.75 Å². The summed E-state index contributed by atoms with van der Waals surface area (Å²) in [6.07, 6.45) is 2.73. The van der Waals surface area contributed by atoms with E-state index in [1.807, 2.05) is 12.1 Å². The fourth-order valence-electron chi connectivity index (χ4n) is 2.02. The van der Waals surface area contributed by atoms with Gasteiger partial charge in [-0.3, -0.25) is 0 Å². The first-order valence-corrected chi connectivity index (χ1v) is 5.72. The van der Waals surface area contributed by atoms with Gasteiger partial charge >= 0.3 is 0 Å². The van der Waals surface area contributed by atoms with Gasteiger partial charge in [0.25, 0.3) is 0 Å². The number of benzene rings is 1. The van der Waals surface area contributed by atoms with Crippen molar-refractivity contribution in [2.24, 2.45) is 5.92 Å². The van der Waals surface area contributed by atoms with Crippen LogP contribution in [0.25, 0.3) is 0 Å². The van der Waals surface area contributed by atoms with Gasteiger partial charge in [-0.2, -0.15) is 0 Å². The molecule has 2 rings (SSSR count). The van der Waals surface area contributed by atoms with Crippen molar-refractivity contribution >= 4 is 0 Å². The zero-order valence-electron chi connectivity index (χ0n) is 9.49. The molecule has 1 aliphatic carbocycles. The summed E-state index contributed by atoms with van der Waals surface area (Å²) in [4.78, 5) is 0. The van der Waals surface area contributed by atoms with E-state index in [-0.39, 0.29) is 0 Å². The molecule has 15 heavy (non-hydrogen) atoms. The van der Waals surface area contributed by atoms with Crippen molar-refractivity contribution in [1.82, 2.24) is 5.32 Å². The normalized spacial score (nSPS) is 17.5. The van der Waals surface area contributed by atoms with Gasteiger partial charge in [-0.05, 0) is 43.0 Å². The third-order valence-electron chi connectivity index (χ3n) is 2.99. The summed E-state index contributed by atoms with van der Waals surface area (Å²) in [5.41, 5.74) is 1.39. The molecule has 0 radical (unpaired) electrons. The molecule has 2 nitrogen and oxygen atoms in total. The molecule has 1 saturated carbocycles. The predicted molar refractivity (Wildman–Crippen MR) is 62.1 cm³/mol. The average Bonchev–Trinajstić information content (AvgIpc) is 3.10. The molecule has 1 aliphatic rings. The van der Waals surface area contributed by atoms with Crippen LogP contribution in [0.4, 0.5) is 0 Å². The van der Waals surface area contributed by atoms with E-state index in [2.05, 4.69) is 24.4 Å². The maximum atomic E-state index is 5.16. The van der Waals surface area contributed by atoms with Gasteiger partial charge in [-0.15, -0.1) is 0 Å². The molecule has 1 N–H and O–H groups in total. The number of rotatable bonds is 5. The molecule has 0 saturated heterocycles. The van der Waals surface area contributed by atoms with Crippen LogP contribution in [0, 0.1) is 5.92 Å². The van der Waals surface area contributed by atoms with Crippen molar-refractivity contribution in [3.05, 3.63) is 29.8 Å². The molecule has 1 aromatic rings. The molecule has 0 unspecified atom stereocenters. The second-order valence-electron chi connectivity index (χ2n) is 4.15. The Hall–Kier alpha value is -1.02. The quantitative estimate of drug-likeness (QED) is 0.798. The molecule has 0 aliphatic heterocycles. The zero-order valence-corrected chi connectivity index (χ0v) is 9.49. The molecule has 1 fully saturated rings. The van der Waals surface area contributed by atoms with Crippen molar-refractivity contribution < 1.29 is 4.74 Å². The van der Waals surface area contributed by atoms with Gasteiger partial charge in [-0.1, -0.05) is 19.1 Å². The smallest absolute Gasteiger partial charge is 0.118 e. The van der Waals surface area contributed by atoms with Crippen LogP contribution in [0.5, 0.6) is 5.75 Å². The molecule has 0 heterocycles. The Morgan fingerprint density at radius 1 is 1.33 bits per heavy atom. The first kappa shape index (κ1) is 10.5.